The van der Waals surface area contributed by atoms with Crippen LogP contribution in [-0.2, 0) is 9.53 Å². The fourth-order valence-corrected chi connectivity index (χ4v) is 2.30. The van der Waals surface area contributed by atoms with Gasteiger partial charge in [0, 0.05) is 6.20 Å². The summed E-state index contributed by atoms with van der Waals surface area (Å²) in [6, 6.07) is 5.28. The van der Waals surface area contributed by atoms with Crippen molar-refractivity contribution in [3.8, 4) is 0 Å². The van der Waals surface area contributed by atoms with Crippen LogP contribution in [0.15, 0.2) is 24.4 Å². The normalized spacial score (nSPS) is 19.7. The molecule has 2 heterocycles. The highest BCUT2D eigenvalue weighted by atomic mass is 16.5. The van der Waals surface area contributed by atoms with Gasteiger partial charge < -0.3 is 9.84 Å². The molecule has 0 bridgehead atoms. The summed E-state index contributed by atoms with van der Waals surface area (Å²) >= 11 is 0. The van der Waals surface area contributed by atoms with Crippen LogP contribution >= 0.6 is 0 Å². The molecule has 5 nitrogen and oxygen atoms in total. The Balaban J connectivity index is 2.39. The van der Waals surface area contributed by atoms with Gasteiger partial charge in [-0.15, -0.1) is 0 Å². The summed E-state index contributed by atoms with van der Waals surface area (Å²) in [6.07, 6.45) is 1.68. The number of pyridine rings is 1. The summed E-state index contributed by atoms with van der Waals surface area (Å²) in [4.78, 5) is 17.6. The maximum Gasteiger partial charge on any atom is 0.316 e. The Hall–Kier alpha value is -1.46. The lowest BCUT2D eigenvalue weighted by Gasteiger charge is -2.45. The third-order valence-electron chi connectivity index (χ3n) is 3.15. The minimum absolute atomic E-state index is 0.238. The molecule has 1 atom stereocenters. The molecule has 5 heteroatoms. The maximum atomic E-state index is 11.5. The van der Waals surface area contributed by atoms with Crippen molar-refractivity contribution in [2.24, 2.45) is 5.41 Å². The average molecular weight is 236 g/mol. The van der Waals surface area contributed by atoms with Crippen molar-refractivity contribution < 1.29 is 14.6 Å². The molecule has 17 heavy (non-hydrogen) atoms. The Morgan fingerprint density at radius 1 is 1.53 bits per heavy atom. The van der Waals surface area contributed by atoms with Gasteiger partial charge >= 0.3 is 5.97 Å². The molecule has 1 N–H and O–H groups in total. The van der Waals surface area contributed by atoms with E-state index in [2.05, 4.69) is 4.98 Å². The predicted octanol–water partition coefficient (Wildman–Crippen LogP) is 0.786. The number of aliphatic carboxylic acids is 1. The molecule has 92 valence electrons. The van der Waals surface area contributed by atoms with Crippen LogP contribution in [-0.4, -0.2) is 48.3 Å². The van der Waals surface area contributed by atoms with E-state index in [1.807, 2.05) is 37.2 Å². The molecule has 1 aliphatic heterocycles. The first-order valence-electron chi connectivity index (χ1n) is 5.46. The number of hydrogen-bond acceptors (Lipinski definition) is 4. The summed E-state index contributed by atoms with van der Waals surface area (Å²) < 4.78 is 5.12. The Labute approximate surface area is 100 Å². The molecule has 1 aromatic rings. The fourth-order valence-electron chi connectivity index (χ4n) is 2.30. The molecule has 0 amide bonds. The molecule has 1 aromatic heterocycles. The number of nitrogens with zero attached hydrogens (tertiary/aromatic N) is 2. The molecular formula is C12H16N2O3. The first-order chi connectivity index (χ1) is 8.08. The molecule has 1 aliphatic rings. The number of ether oxygens (including phenoxy) is 1. The standard InChI is InChI=1S/C12H16N2O3/c1-14(2)10(9-5-3-4-6-13-9)12(11(15)16)7-17-8-12/h3-6,10H,7-8H2,1-2H3,(H,15,16). The summed E-state index contributed by atoms with van der Waals surface area (Å²) in [7, 11) is 3.73. The van der Waals surface area contributed by atoms with E-state index >= 15 is 0 Å². The minimum atomic E-state index is -0.877. The zero-order valence-electron chi connectivity index (χ0n) is 9.96. The second kappa shape index (κ2) is 4.43. The summed E-state index contributed by atoms with van der Waals surface area (Å²) in [5, 5.41) is 9.43. The number of aromatic nitrogens is 1. The van der Waals surface area contributed by atoms with E-state index < -0.39 is 11.4 Å². The molecule has 1 unspecified atom stereocenters. The fraction of sp³-hybridized carbons (Fsp3) is 0.500. The summed E-state index contributed by atoms with van der Waals surface area (Å²) in [6.45, 7) is 0.476. The first-order valence-corrected chi connectivity index (χ1v) is 5.46. The van der Waals surface area contributed by atoms with Crippen LogP contribution in [0.25, 0.3) is 0 Å². The molecular weight excluding hydrogens is 220 g/mol. The van der Waals surface area contributed by atoms with E-state index in [1.54, 1.807) is 6.20 Å². The van der Waals surface area contributed by atoms with Gasteiger partial charge in [0.25, 0.3) is 0 Å². The van der Waals surface area contributed by atoms with Crippen LogP contribution in [0.2, 0.25) is 0 Å². The SMILES string of the molecule is CN(C)C(c1ccccn1)C1(C(=O)O)COC1. The third-order valence-corrected chi connectivity index (χ3v) is 3.15. The predicted molar refractivity (Wildman–Crippen MR) is 61.6 cm³/mol. The van der Waals surface area contributed by atoms with E-state index in [9.17, 15) is 9.90 Å². The van der Waals surface area contributed by atoms with Crippen LogP contribution in [0.5, 0.6) is 0 Å². The van der Waals surface area contributed by atoms with Crippen LogP contribution < -0.4 is 0 Å². The molecule has 2 rings (SSSR count). The van der Waals surface area contributed by atoms with Crippen molar-refractivity contribution >= 4 is 5.97 Å². The Bertz CT molecular complexity index is 401. The van der Waals surface area contributed by atoms with E-state index in [4.69, 9.17) is 4.74 Å². The number of carboxylic acids is 1. The Morgan fingerprint density at radius 2 is 2.24 bits per heavy atom. The number of carbonyl (C=O) groups is 1. The van der Waals surface area contributed by atoms with Crippen LogP contribution in [0, 0.1) is 5.41 Å². The lowest BCUT2D eigenvalue weighted by atomic mass is 9.76. The van der Waals surface area contributed by atoms with Gasteiger partial charge in [0.1, 0.15) is 5.41 Å². The molecule has 0 radical (unpaired) electrons. The van der Waals surface area contributed by atoms with Gasteiger partial charge in [-0.1, -0.05) is 6.07 Å². The monoisotopic (exact) mass is 236 g/mol. The topological polar surface area (TPSA) is 62.7 Å². The van der Waals surface area contributed by atoms with Gasteiger partial charge in [-0.25, -0.2) is 0 Å². The van der Waals surface area contributed by atoms with Gasteiger partial charge in [0.05, 0.1) is 24.9 Å². The van der Waals surface area contributed by atoms with Gasteiger partial charge in [0.15, 0.2) is 0 Å². The Kier molecular flexibility index (Phi) is 3.13. The van der Waals surface area contributed by atoms with Crippen molar-refractivity contribution in [1.29, 1.82) is 0 Å². The van der Waals surface area contributed by atoms with Gasteiger partial charge in [-0.3, -0.25) is 14.7 Å². The van der Waals surface area contributed by atoms with Crippen LogP contribution in [0.4, 0.5) is 0 Å². The molecule has 0 aromatic carbocycles. The van der Waals surface area contributed by atoms with E-state index in [-0.39, 0.29) is 19.3 Å². The third kappa shape index (κ3) is 1.92. The lowest BCUT2D eigenvalue weighted by Crippen LogP contribution is -2.56. The lowest BCUT2D eigenvalue weighted by molar-refractivity contribution is -0.194. The summed E-state index contributed by atoms with van der Waals surface area (Å²) in [5.41, 5.74) is -0.110. The number of carboxylic acid groups (broad SMARTS) is 1. The Morgan fingerprint density at radius 3 is 2.59 bits per heavy atom. The number of rotatable bonds is 4. The van der Waals surface area contributed by atoms with E-state index in [0.717, 1.165) is 5.69 Å². The summed E-state index contributed by atoms with van der Waals surface area (Å²) in [5.74, 6) is -0.826. The van der Waals surface area contributed by atoms with Gasteiger partial charge in [-0.2, -0.15) is 0 Å². The van der Waals surface area contributed by atoms with Gasteiger partial charge in [0.2, 0.25) is 0 Å². The maximum absolute atomic E-state index is 11.5. The van der Waals surface area contributed by atoms with Crippen molar-refractivity contribution in [3.63, 3.8) is 0 Å². The highest BCUT2D eigenvalue weighted by Gasteiger charge is 2.54. The minimum Gasteiger partial charge on any atom is -0.481 e. The molecule has 1 fully saturated rings. The highest BCUT2D eigenvalue weighted by molar-refractivity contribution is 5.77. The largest absolute Gasteiger partial charge is 0.481 e. The van der Waals surface area contributed by atoms with E-state index in [1.165, 1.54) is 0 Å². The van der Waals surface area contributed by atoms with Crippen LogP contribution in [0.1, 0.15) is 11.7 Å². The zero-order valence-corrected chi connectivity index (χ0v) is 9.96. The molecule has 0 spiro atoms. The second-order valence-electron chi connectivity index (χ2n) is 4.57. The average Bonchev–Trinajstić information content (AvgIpc) is 2.23. The van der Waals surface area contributed by atoms with Crippen molar-refractivity contribution in [1.82, 2.24) is 9.88 Å². The first kappa shape index (κ1) is 12.0. The number of hydrogen-bond donors (Lipinski definition) is 1. The van der Waals surface area contributed by atoms with Gasteiger partial charge in [-0.05, 0) is 26.2 Å². The van der Waals surface area contributed by atoms with Crippen molar-refractivity contribution in [2.75, 3.05) is 27.3 Å². The molecule has 0 aliphatic carbocycles. The van der Waals surface area contributed by atoms with E-state index in [0.29, 0.717) is 0 Å². The highest BCUT2D eigenvalue weighted by Crippen LogP contribution is 2.42. The quantitative estimate of drug-likeness (QED) is 0.837. The zero-order chi connectivity index (χ0) is 12.5. The molecule has 0 saturated carbocycles. The van der Waals surface area contributed by atoms with Crippen molar-refractivity contribution in [3.05, 3.63) is 30.1 Å². The second-order valence-corrected chi connectivity index (χ2v) is 4.57. The van der Waals surface area contributed by atoms with Crippen molar-refractivity contribution in [2.45, 2.75) is 6.04 Å². The van der Waals surface area contributed by atoms with Crippen LogP contribution in [0.3, 0.4) is 0 Å². The molecule has 1 saturated heterocycles. The smallest absolute Gasteiger partial charge is 0.316 e.